The Kier molecular flexibility index (Phi) is 4.80. The number of methoxy groups -OCH3 is 1. The van der Waals surface area contributed by atoms with E-state index in [1.807, 2.05) is 53.4 Å². The van der Waals surface area contributed by atoms with E-state index in [9.17, 15) is 9.59 Å². The highest BCUT2D eigenvalue weighted by molar-refractivity contribution is 6.00. The number of esters is 1. The lowest BCUT2D eigenvalue weighted by molar-refractivity contribution is 0.0600. The van der Waals surface area contributed by atoms with Crippen LogP contribution in [0.1, 0.15) is 10.4 Å². The molecule has 0 aliphatic rings. The molecule has 0 fully saturated rings. The fourth-order valence-corrected chi connectivity index (χ4v) is 2.36. The molecule has 0 saturated carbocycles. The molecule has 1 aromatic heterocycles. The number of rotatable bonds is 4. The molecule has 2 amide bonds. The van der Waals surface area contributed by atoms with Crippen LogP contribution < -0.4 is 10.6 Å². The maximum atomic E-state index is 12.1. The van der Waals surface area contributed by atoms with Crippen molar-refractivity contribution in [1.29, 1.82) is 0 Å². The van der Waals surface area contributed by atoms with Gasteiger partial charge in [0.15, 0.2) is 0 Å². The topological polar surface area (TPSA) is 72.4 Å². The van der Waals surface area contributed by atoms with Crippen molar-refractivity contribution < 1.29 is 14.3 Å². The second-order valence-corrected chi connectivity index (χ2v) is 5.29. The van der Waals surface area contributed by atoms with Gasteiger partial charge in [-0.3, -0.25) is 0 Å². The number of urea groups is 1. The minimum absolute atomic E-state index is 0.372. The van der Waals surface area contributed by atoms with Gasteiger partial charge < -0.3 is 19.9 Å². The highest BCUT2D eigenvalue weighted by atomic mass is 16.5. The van der Waals surface area contributed by atoms with Crippen LogP contribution in [0.3, 0.4) is 0 Å². The lowest BCUT2D eigenvalue weighted by Gasteiger charge is -2.09. The fraction of sp³-hybridized carbons (Fsp3) is 0.0526. The standard InChI is InChI=1S/C19H17N3O3/c1-25-18(23)14-5-4-6-16(13-14)21-19(24)20-15-7-9-17(10-8-15)22-11-2-3-12-22/h2-13H,1H3,(H2,20,21,24). The molecule has 6 nitrogen and oxygen atoms in total. The molecule has 6 heteroatoms. The summed E-state index contributed by atoms with van der Waals surface area (Å²) in [6.45, 7) is 0. The van der Waals surface area contributed by atoms with E-state index in [2.05, 4.69) is 15.4 Å². The number of hydrogen-bond donors (Lipinski definition) is 2. The van der Waals surface area contributed by atoms with Gasteiger partial charge in [-0.2, -0.15) is 0 Å². The summed E-state index contributed by atoms with van der Waals surface area (Å²) in [5, 5.41) is 5.44. The van der Waals surface area contributed by atoms with Crippen LogP contribution in [-0.4, -0.2) is 23.7 Å². The Labute approximate surface area is 145 Å². The van der Waals surface area contributed by atoms with Crippen molar-refractivity contribution in [2.24, 2.45) is 0 Å². The van der Waals surface area contributed by atoms with Gasteiger partial charge in [-0.25, -0.2) is 9.59 Å². The van der Waals surface area contributed by atoms with Crippen molar-refractivity contribution in [2.75, 3.05) is 17.7 Å². The van der Waals surface area contributed by atoms with E-state index in [1.54, 1.807) is 24.3 Å². The zero-order valence-electron chi connectivity index (χ0n) is 13.6. The van der Waals surface area contributed by atoms with Crippen LogP contribution in [0.4, 0.5) is 16.2 Å². The quantitative estimate of drug-likeness (QED) is 0.710. The van der Waals surface area contributed by atoms with E-state index in [4.69, 9.17) is 0 Å². The van der Waals surface area contributed by atoms with E-state index in [0.29, 0.717) is 16.9 Å². The molecule has 126 valence electrons. The summed E-state index contributed by atoms with van der Waals surface area (Å²) in [5.41, 5.74) is 2.54. The Hall–Kier alpha value is -3.54. The second-order valence-electron chi connectivity index (χ2n) is 5.29. The molecule has 3 rings (SSSR count). The fourth-order valence-electron chi connectivity index (χ4n) is 2.36. The third-order valence-electron chi connectivity index (χ3n) is 3.57. The maximum Gasteiger partial charge on any atom is 0.337 e. The van der Waals surface area contributed by atoms with Gasteiger partial charge in [0.1, 0.15) is 0 Å². The van der Waals surface area contributed by atoms with Gasteiger partial charge in [0, 0.05) is 29.5 Å². The highest BCUT2D eigenvalue weighted by Gasteiger charge is 2.08. The van der Waals surface area contributed by atoms with Crippen molar-refractivity contribution in [3.05, 3.63) is 78.6 Å². The minimum atomic E-state index is -0.454. The number of carbonyl (C=O) groups excluding carboxylic acids is 2. The summed E-state index contributed by atoms with van der Waals surface area (Å²) in [7, 11) is 1.31. The number of amides is 2. The lowest BCUT2D eigenvalue weighted by Crippen LogP contribution is -2.19. The Morgan fingerprint density at radius 3 is 2.24 bits per heavy atom. The van der Waals surface area contributed by atoms with Crippen molar-refractivity contribution in [2.45, 2.75) is 0 Å². The molecule has 0 spiro atoms. The zero-order valence-corrected chi connectivity index (χ0v) is 13.6. The molecule has 3 aromatic rings. The smallest absolute Gasteiger partial charge is 0.337 e. The maximum absolute atomic E-state index is 12.1. The second kappa shape index (κ2) is 7.35. The molecule has 0 aliphatic carbocycles. The molecule has 0 bridgehead atoms. The van der Waals surface area contributed by atoms with Gasteiger partial charge in [0.05, 0.1) is 12.7 Å². The number of hydrogen-bond acceptors (Lipinski definition) is 3. The summed E-state index contributed by atoms with van der Waals surface area (Å²) in [4.78, 5) is 23.6. The monoisotopic (exact) mass is 335 g/mol. The third kappa shape index (κ3) is 4.06. The third-order valence-corrected chi connectivity index (χ3v) is 3.57. The van der Waals surface area contributed by atoms with Crippen molar-refractivity contribution >= 4 is 23.4 Å². The van der Waals surface area contributed by atoms with Gasteiger partial charge >= 0.3 is 12.0 Å². The van der Waals surface area contributed by atoms with Gasteiger partial charge in [-0.1, -0.05) is 6.07 Å². The number of ether oxygens (including phenoxy) is 1. The summed E-state index contributed by atoms with van der Waals surface area (Å²) in [6.07, 6.45) is 3.90. The molecule has 0 unspecified atom stereocenters. The van der Waals surface area contributed by atoms with Gasteiger partial charge in [0.25, 0.3) is 0 Å². The Balaban J connectivity index is 1.64. The summed E-state index contributed by atoms with van der Waals surface area (Å²) >= 11 is 0. The van der Waals surface area contributed by atoms with Crippen molar-refractivity contribution in [3.63, 3.8) is 0 Å². The zero-order chi connectivity index (χ0) is 17.6. The molecule has 0 aliphatic heterocycles. The lowest BCUT2D eigenvalue weighted by atomic mass is 10.2. The molecular weight excluding hydrogens is 318 g/mol. The normalized spacial score (nSPS) is 10.1. The van der Waals surface area contributed by atoms with Crippen molar-refractivity contribution in [3.8, 4) is 5.69 Å². The molecule has 0 saturated heterocycles. The average Bonchev–Trinajstić information content (AvgIpc) is 3.16. The summed E-state index contributed by atoms with van der Waals surface area (Å²) < 4.78 is 6.64. The molecule has 0 radical (unpaired) electrons. The minimum Gasteiger partial charge on any atom is -0.465 e. The molecule has 2 aromatic carbocycles. The molecule has 0 atom stereocenters. The first-order valence-corrected chi connectivity index (χ1v) is 7.65. The van der Waals surface area contributed by atoms with Crippen LogP contribution in [0.25, 0.3) is 5.69 Å². The Bertz CT molecular complexity index is 871. The first kappa shape index (κ1) is 16.3. The van der Waals surface area contributed by atoms with E-state index in [1.165, 1.54) is 7.11 Å². The van der Waals surface area contributed by atoms with Crippen LogP contribution in [0, 0.1) is 0 Å². The summed E-state index contributed by atoms with van der Waals surface area (Å²) in [6, 6.07) is 17.5. The predicted molar refractivity (Wildman–Crippen MR) is 96.2 cm³/mol. The number of benzene rings is 2. The van der Waals surface area contributed by atoms with Gasteiger partial charge in [-0.15, -0.1) is 0 Å². The van der Waals surface area contributed by atoms with E-state index < -0.39 is 12.0 Å². The van der Waals surface area contributed by atoms with E-state index in [0.717, 1.165) is 5.69 Å². The average molecular weight is 335 g/mol. The van der Waals surface area contributed by atoms with Crippen LogP contribution in [0.5, 0.6) is 0 Å². The largest absolute Gasteiger partial charge is 0.465 e. The first-order chi connectivity index (χ1) is 12.2. The van der Waals surface area contributed by atoms with E-state index in [-0.39, 0.29) is 0 Å². The number of aromatic nitrogens is 1. The summed E-state index contributed by atoms with van der Waals surface area (Å²) in [5.74, 6) is -0.454. The number of anilines is 2. The number of carbonyl (C=O) groups is 2. The number of nitrogens with one attached hydrogen (secondary N) is 2. The number of nitrogens with zero attached hydrogens (tertiary/aromatic N) is 1. The molecule has 2 N–H and O–H groups in total. The SMILES string of the molecule is COC(=O)c1cccc(NC(=O)Nc2ccc(-n3cccc3)cc2)c1. The first-order valence-electron chi connectivity index (χ1n) is 7.65. The van der Waals surface area contributed by atoms with Crippen LogP contribution in [0.2, 0.25) is 0 Å². The van der Waals surface area contributed by atoms with Crippen LogP contribution in [-0.2, 0) is 4.74 Å². The Morgan fingerprint density at radius 1 is 0.880 bits per heavy atom. The molecular formula is C19H17N3O3. The Morgan fingerprint density at radius 2 is 1.56 bits per heavy atom. The van der Waals surface area contributed by atoms with Gasteiger partial charge in [0.2, 0.25) is 0 Å². The molecule has 25 heavy (non-hydrogen) atoms. The molecule has 1 heterocycles. The highest BCUT2D eigenvalue weighted by Crippen LogP contribution is 2.15. The van der Waals surface area contributed by atoms with Crippen LogP contribution in [0.15, 0.2) is 73.1 Å². The van der Waals surface area contributed by atoms with Crippen LogP contribution >= 0.6 is 0 Å². The van der Waals surface area contributed by atoms with Gasteiger partial charge in [-0.05, 0) is 54.6 Å². The van der Waals surface area contributed by atoms with E-state index >= 15 is 0 Å². The predicted octanol–water partition coefficient (Wildman–Crippen LogP) is 3.91. The van der Waals surface area contributed by atoms with Crippen molar-refractivity contribution in [1.82, 2.24) is 4.57 Å².